The van der Waals surface area contributed by atoms with Crippen molar-refractivity contribution in [3.8, 4) is 22.4 Å². The maximum absolute atomic E-state index is 13.5. The number of amides is 4. The molecule has 0 bridgehead atoms. The Morgan fingerprint density at radius 2 is 1.85 bits per heavy atom. The van der Waals surface area contributed by atoms with E-state index in [4.69, 9.17) is 9.72 Å². The minimum atomic E-state index is -0.688. The number of imidazole rings is 2. The number of carbonyl (C=O) groups excluding carboxylic acids is 4. The first-order chi connectivity index (χ1) is 22.7. The number of hydrogen-bond acceptors (Lipinski definition) is 7. The summed E-state index contributed by atoms with van der Waals surface area (Å²) in [6.45, 7) is 7.23. The second kappa shape index (κ2) is 14.9. The summed E-state index contributed by atoms with van der Waals surface area (Å²) in [5, 5.41) is 5.12. The zero-order valence-corrected chi connectivity index (χ0v) is 27.2. The number of likely N-dealkylation sites (tertiary alicyclic amines) is 1. The summed E-state index contributed by atoms with van der Waals surface area (Å²) in [5.41, 5.74) is 5.54. The predicted molar refractivity (Wildman–Crippen MR) is 177 cm³/mol. The van der Waals surface area contributed by atoms with Crippen LogP contribution in [-0.2, 0) is 25.7 Å². The molecule has 1 saturated heterocycles. The van der Waals surface area contributed by atoms with Crippen LogP contribution in [0.1, 0.15) is 57.7 Å². The van der Waals surface area contributed by atoms with Gasteiger partial charge in [-0.25, -0.2) is 14.8 Å². The van der Waals surface area contributed by atoms with E-state index in [0.29, 0.717) is 31.9 Å². The standard InChI is InChI=1S/C34H42N8O5/c1-5-14-41(30(44)18-35-20-43)19-29-36-17-27(37-29)23-10-8-22(9-11-23)24-12-13-25-26(16-24)39-32(38-25)28-7-6-15-42(28)33(45)31(21(2)3)40-34(46)47-4/h8-13,16-17,20-21,28,31H,5-7,14-15,18-19H2,1-4H3,(H,35,43)(H,36,37)(H,38,39)(H,40,46)/t28-,31?/m0/s1. The van der Waals surface area contributed by atoms with Crippen molar-refractivity contribution in [3.63, 3.8) is 0 Å². The van der Waals surface area contributed by atoms with Gasteiger partial charge in [0.25, 0.3) is 0 Å². The SMILES string of the molecule is CCCN(Cc1ncc(-c2ccc(-c3ccc4nc([C@@H]5CCCN5C(=O)C(NC(=O)OC)C(C)C)[nH]c4c3)cc2)[nH]1)C(=O)CNC=O. The molecule has 0 radical (unpaired) electrons. The van der Waals surface area contributed by atoms with Gasteiger partial charge in [-0.05, 0) is 54.0 Å². The van der Waals surface area contributed by atoms with Crippen molar-refractivity contribution in [2.75, 3.05) is 26.7 Å². The van der Waals surface area contributed by atoms with Gasteiger partial charge < -0.3 is 35.1 Å². The smallest absolute Gasteiger partial charge is 0.407 e. The highest BCUT2D eigenvalue weighted by molar-refractivity contribution is 5.87. The first-order valence-corrected chi connectivity index (χ1v) is 16.0. The molecular formula is C34H42N8O5. The van der Waals surface area contributed by atoms with E-state index >= 15 is 0 Å². The molecule has 13 heteroatoms. The first kappa shape index (κ1) is 33.2. The molecule has 0 aliphatic carbocycles. The van der Waals surface area contributed by atoms with Crippen LogP contribution in [0.4, 0.5) is 4.79 Å². The average Bonchev–Trinajstić information content (AvgIpc) is 3.85. The Balaban J connectivity index is 1.29. The number of carbonyl (C=O) groups is 4. The molecule has 4 aromatic rings. The summed E-state index contributed by atoms with van der Waals surface area (Å²) in [6, 6.07) is 13.3. The van der Waals surface area contributed by atoms with Crippen LogP contribution in [0.25, 0.3) is 33.4 Å². The Kier molecular flexibility index (Phi) is 10.5. The lowest BCUT2D eigenvalue weighted by Gasteiger charge is -2.29. The molecule has 248 valence electrons. The van der Waals surface area contributed by atoms with E-state index in [-0.39, 0.29) is 30.3 Å². The Morgan fingerprint density at radius 1 is 1.11 bits per heavy atom. The number of nitrogens with zero attached hydrogens (tertiary/aromatic N) is 4. The molecule has 2 atom stereocenters. The predicted octanol–water partition coefficient (Wildman–Crippen LogP) is 4.15. The highest BCUT2D eigenvalue weighted by Crippen LogP contribution is 2.34. The molecule has 4 amide bonds. The third-order valence-corrected chi connectivity index (χ3v) is 8.42. The Hall–Kier alpha value is -5.20. The fourth-order valence-electron chi connectivity index (χ4n) is 5.97. The number of hydrogen-bond donors (Lipinski definition) is 4. The quantitative estimate of drug-likeness (QED) is 0.159. The van der Waals surface area contributed by atoms with Gasteiger partial charge in [-0.15, -0.1) is 0 Å². The van der Waals surface area contributed by atoms with Gasteiger partial charge in [0, 0.05) is 13.1 Å². The molecule has 4 N–H and O–H groups in total. The average molecular weight is 643 g/mol. The summed E-state index contributed by atoms with van der Waals surface area (Å²) < 4.78 is 4.74. The third kappa shape index (κ3) is 7.62. The van der Waals surface area contributed by atoms with Crippen LogP contribution in [-0.4, -0.2) is 86.8 Å². The molecule has 5 rings (SSSR count). The first-order valence-electron chi connectivity index (χ1n) is 16.0. The number of aromatic nitrogens is 4. The van der Waals surface area contributed by atoms with Gasteiger partial charge in [0.15, 0.2) is 0 Å². The zero-order chi connectivity index (χ0) is 33.5. The number of fused-ring (bicyclic) bond motifs is 1. The Bertz CT molecular complexity index is 1710. The fraction of sp³-hybridized carbons (Fsp3) is 0.412. The van der Waals surface area contributed by atoms with E-state index in [1.807, 2.05) is 62.1 Å². The highest BCUT2D eigenvalue weighted by Gasteiger charge is 2.37. The van der Waals surface area contributed by atoms with Crippen molar-refractivity contribution in [1.29, 1.82) is 0 Å². The Labute approximate surface area is 273 Å². The molecule has 0 saturated carbocycles. The van der Waals surface area contributed by atoms with E-state index in [2.05, 4.69) is 31.7 Å². The van der Waals surface area contributed by atoms with Crippen molar-refractivity contribution >= 4 is 35.4 Å². The van der Waals surface area contributed by atoms with Gasteiger partial charge in [-0.3, -0.25) is 14.4 Å². The monoisotopic (exact) mass is 642 g/mol. The topological polar surface area (TPSA) is 165 Å². The van der Waals surface area contributed by atoms with Gasteiger partial charge in [-0.1, -0.05) is 51.1 Å². The molecule has 1 fully saturated rings. The van der Waals surface area contributed by atoms with Crippen molar-refractivity contribution in [1.82, 2.24) is 40.4 Å². The van der Waals surface area contributed by atoms with E-state index in [1.165, 1.54) is 7.11 Å². The molecule has 1 unspecified atom stereocenters. The highest BCUT2D eigenvalue weighted by atomic mass is 16.5. The third-order valence-electron chi connectivity index (χ3n) is 8.42. The number of benzene rings is 2. The second-order valence-corrected chi connectivity index (χ2v) is 12.0. The van der Waals surface area contributed by atoms with Gasteiger partial charge in [0.05, 0.1) is 49.2 Å². The van der Waals surface area contributed by atoms with E-state index in [0.717, 1.165) is 58.5 Å². The van der Waals surface area contributed by atoms with Crippen molar-refractivity contribution < 1.29 is 23.9 Å². The summed E-state index contributed by atoms with van der Waals surface area (Å²) in [6.07, 6.45) is 4.07. The maximum atomic E-state index is 13.5. The minimum absolute atomic E-state index is 0.0439. The number of alkyl carbamates (subject to hydrolysis) is 1. The van der Waals surface area contributed by atoms with Gasteiger partial charge >= 0.3 is 6.09 Å². The fourth-order valence-corrected chi connectivity index (χ4v) is 5.97. The molecule has 2 aromatic heterocycles. The molecule has 1 aliphatic rings. The molecular weight excluding hydrogens is 600 g/mol. The number of H-pyrrole nitrogens is 2. The zero-order valence-electron chi connectivity index (χ0n) is 27.2. The molecule has 0 spiro atoms. The van der Waals surface area contributed by atoms with Gasteiger partial charge in [0.2, 0.25) is 18.2 Å². The number of aromatic amines is 2. The van der Waals surface area contributed by atoms with Crippen LogP contribution in [0.15, 0.2) is 48.7 Å². The van der Waals surface area contributed by atoms with Crippen LogP contribution >= 0.6 is 0 Å². The summed E-state index contributed by atoms with van der Waals surface area (Å²) in [7, 11) is 1.29. The van der Waals surface area contributed by atoms with E-state index in [9.17, 15) is 19.2 Å². The minimum Gasteiger partial charge on any atom is -0.453 e. The summed E-state index contributed by atoms with van der Waals surface area (Å²) in [5.74, 6) is 0.988. The Morgan fingerprint density at radius 3 is 2.55 bits per heavy atom. The second-order valence-electron chi connectivity index (χ2n) is 12.0. The molecule has 13 nitrogen and oxygen atoms in total. The van der Waals surface area contributed by atoms with Crippen LogP contribution in [0.2, 0.25) is 0 Å². The van der Waals surface area contributed by atoms with Crippen LogP contribution in [0, 0.1) is 5.92 Å². The van der Waals surface area contributed by atoms with E-state index in [1.54, 1.807) is 11.1 Å². The van der Waals surface area contributed by atoms with Crippen LogP contribution in [0.3, 0.4) is 0 Å². The lowest BCUT2D eigenvalue weighted by molar-refractivity contribution is -0.135. The van der Waals surface area contributed by atoms with Crippen LogP contribution in [0.5, 0.6) is 0 Å². The maximum Gasteiger partial charge on any atom is 0.407 e. The van der Waals surface area contributed by atoms with E-state index < -0.39 is 12.1 Å². The summed E-state index contributed by atoms with van der Waals surface area (Å²) >= 11 is 0. The molecule has 47 heavy (non-hydrogen) atoms. The number of rotatable bonds is 13. The molecule has 2 aromatic carbocycles. The van der Waals surface area contributed by atoms with Crippen molar-refractivity contribution in [2.45, 2.75) is 58.7 Å². The summed E-state index contributed by atoms with van der Waals surface area (Å²) in [4.78, 5) is 68.1. The van der Waals surface area contributed by atoms with Gasteiger partial charge in [0.1, 0.15) is 17.7 Å². The number of methoxy groups -OCH3 is 1. The van der Waals surface area contributed by atoms with Crippen LogP contribution < -0.4 is 10.6 Å². The molecule has 3 heterocycles. The lowest BCUT2D eigenvalue weighted by Crippen LogP contribution is -2.51. The number of nitrogens with one attached hydrogen (secondary N) is 4. The molecule has 1 aliphatic heterocycles. The van der Waals surface area contributed by atoms with Gasteiger partial charge in [-0.2, -0.15) is 0 Å². The normalized spacial score (nSPS) is 15.1. The largest absolute Gasteiger partial charge is 0.453 e. The lowest BCUT2D eigenvalue weighted by atomic mass is 10.0. The van der Waals surface area contributed by atoms with Crippen molar-refractivity contribution in [3.05, 3.63) is 60.3 Å². The van der Waals surface area contributed by atoms with Crippen molar-refractivity contribution in [2.24, 2.45) is 5.92 Å². The number of ether oxygens (including phenoxy) is 1.